The molecular formula is C17H21NO5. The van der Waals surface area contributed by atoms with Crippen LogP contribution in [0.1, 0.15) is 26.3 Å². The number of likely N-dealkylation sites (N-methyl/N-ethyl adjacent to an activating group) is 1. The van der Waals surface area contributed by atoms with Gasteiger partial charge in [-0.2, -0.15) is 0 Å². The van der Waals surface area contributed by atoms with Crippen molar-refractivity contribution < 1.29 is 24.2 Å². The Hall–Kier alpha value is -2.50. The van der Waals surface area contributed by atoms with Crippen LogP contribution in [0.4, 0.5) is 5.69 Å². The summed E-state index contributed by atoms with van der Waals surface area (Å²) >= 11 is 0. The van der Waals surface area contributed by atoms with E-state index in [-0.39, 0.29) is 11.8 Å². The SMILES string of the molecule is CCOc1cc(/C=C/C(=O)O)cc2c1OC(C(C)C)C(=O)N2C. The smallest absolute Gasteiger partial charge is 0.328 e. The summed E-state index contributed by atoms with van der Waals surface area (Å²) in [6.07, 6.45) is 1.94. The molecule has 1 atom stereocenters. The van der Waals surface area contributed by atoms with E-state index in [0.29, 0.717) is 29.4 Å². The van der Waals surface area contributed by atoms with Crippen molar-refractivity contribution in [2.24, 2.45) is 5.92 Å². The summed E-state index contributed by atoms with van der Waals surface area (Å²) in [5.41, 5.74) is 1.20. The molecule has 1 aromatic rings. The lowest BCUT2D eigenvalue weighted by Gasteiger charge is -2.34. The van der Waals surface area contributed by atoms with Crippen LogP contribution in [0.3, 0.4) is 0 Å². The third-order valence-corrected chi connectivity index (χ3v) is 3.56. The number of anilines is 1. The highest BCUT2D eigenvalue weighted by molar-refractivity contribution is 6.01. The van der Waals surface area contributed by atoms with Crippen LogP contribution in [0.2, 0.25) is 0 Å². The molecule has 1 unspecified atom stereocenters. The molecule has 0 saturated carbocycles. The zero-order valence-corrected chi connectivity index (χ0v) is 13.7. The van der Waals surface area contributed by atoms with Gasteiger partial charge in [0.15, 0.2) is 17.6 Å². The number of benzene rings is 1. The zero-order chi connectivity index (χ0) is 17.1. The highest BCUT2D eigenvalue weighted by Crippen LogP contribution is 2.43. The van der Waals surface area contributed by atoms with Crippen LogP contribution in [0.15, 0.2) is 18.2 Å². The minimum atomic E-state index is -1.04. The van der Waals surface area contributed by atoms with Crippen molar-refractivity contribution >= 4 is 23.6 Å². The molecule has 1 N–H and O–H groups in total. The van der Waals surface area contributed by atoms with Gasteiger partial charge in [-0.15, -0.1) is 0 Å². The van der Waals surface area contributed by atoms with Gasteiger partial charge < -0.3 is 19.5 Å². The first-order valence-electron chi connectivity index (χ1n) is 7.51. The number of rotatable bonds is 5. The van der Waals surface area contributed by atoms with E-state index in [0.717, 1.165) is 6.08 Å². The fraction of sp³-hybridized carbons (Fsp3) is 0.412. The summed E-state index contributed by atoms with van der Waals surface area (Å²) in [6.45, 7) is 6.13. The van der Waals surface area contributed by atoms with Crippen molar-refractivity contribution in [1.29, 1.82) is 0 Å². The molecule has 0 aliphatic carbocycles. The van der Waals surface area contributed by atoms with Gasteiger partial charge in [-0.05, 0) is 36.6 Å². The maximum absolute atomic E-state index is 12.4. The molecule has 23 heavy (non-hydrogen) atoms. The molecule has 0 fully saturated rings. The first-order chi connectivity index (χ1) is 10.8. The molecular weight excluding hydrogens is 298 g/mol. The monoisotopic (exact) mass is 319 g/mol. The molecule has 6 heteroatoms. The second-order valence-corrected chi connectivity index (χ2v) is 5.65. The van der Waals surface area contributed by atoms with E-state index in [1.807, 2.05) is 20.8 Å². The summed E-state index contributed by atoms with van der Waals surface area (Å²) in [5, 5.41) is 8.77. The Morgan fingerprint density at radius 1 is 1.48 bits per heavy atom. The number of carboxylic acids is 1. The Morgan fingerprint density at radius 2 is 2.17 bits per heavy atom. The van der Waals surface area contributed by atoms with Gasteiger partial charge in [0.25, 0.3) is 5.91 Å². The second-order valence-electron chi connectivity index (χ2n) is 5.65. The van der Waals surface area contributed by atoms with Crippen LogP contribution in [-0.4, -0.2) is 36.7 Å². The first kappa shape index (κ1) is 16.9. The topological polar surface area (TPSA) is 76.1 Å². The number of nitrogens with zero attached hydrogens (tertiary/aromatic N) is 1. The summed E-state index contributed by atoms with van der Waals surface area (Å²) in [7, 11) is 1.68. The van der Waals surface area contributed by atoms with Crippen LogP contribution in [0, 0.1) is 5.92 Å². The highest BCUT2D eigenvalue weighted by Gasteiger charge is 2.36. The molecule has 0 bridgehead atoms. The lowest BCUT2D eigenvalue weighted by molar-refractivity contribution is -0.131. The molecule has 0 spiro atoms. The Balaban J connectivity index is 2.53. The van der Waals surface area contributed by atoms with Gasteiger partial charge in [-0.3, -0.25) is 4.79 Å². The minimum absolute atomic E-state index is 0.0270. The molecule has 0 saturated heterocycles. The van der Waals surface area contributed by atoms with E-state index in [1.165, 1.54) is 11.0 Å². The van der Waals surface area contributed by atoms with E-state index in [9.17, 15) is 9.59 Å². The number of hydrogen-bond donors (Lipinski definition) is 1. The normalized spacial score (nSPS) is 17.3. The molecule has 124 valence electrons. The van der Waals surface area contributed by atoms with E-state index in [4.69, 9.17) is 14.6 Å². The quantitative estimate of drug-likeness (QED) is 0.844. The lowest BCUT2D eigenvalue weighted by atomic mass is 10.0. The molecule has 1 aliphatic rings. The Labute approximate surface area is 135 Å². The second kappa shape index (κ2) is 6.73. The predicted octanol–water partition coefficient (Wildman–Crippen LogP) is 2.56. The summed E-state index contributed by atoms with van der Waals surface area (Å²) < 4.78 is 11.5. The van der Waals surface area contributed by atoms with Gasteiger partial charge in [-0.25, -0.2) is 4.79 Å². The van der Waals surface area contributed by atoms with Crippen LogP contribution in [-0.2, 0) is 9.59 Å². The first-order valence-corrected chi connectivity index (χ1v) is 7.51. The number of carboxylic acid groups (broad SMARTS) is 1. The van der Waals surface area contributed by atoms with Gasteiger partial charge in [0.2, 0.25) is 0 Å². The number of carbonyl (C=O) groups excluding carboxylic acids is 1. The van der Waals surface area contributed by atoms with Crippen molar-refractivity contribution in [3.63, 3.8) is 0 Å². The number of hydrogen-bond acceptors (Lipinski definition) is 4. The molecule has 1 aromatic carbocycles. The minimum Gasteiger partial charge on any atom is -0.490 e. The van der Waals surface area contributed by atoms with E-state index in [2.05, 4.69) is 0 Å². The zero-order valence-electron chi connectivity index (χ0n) is 13.7. The number of aliphatic carboxylic acids is 1. The van der Waals surface area contributed by atoms with Crippen molar-refractivity contribution in [1.82, 2.24) is 0 Å². The number of ether oxygens (including phenoxy) is 2. The van der Waals surface area contributed by atoms with Crippen molar-refractivity contribution in [2.45, 2.75) is 26.9 Å². The molecule has 2 rings (SSSR count). The van der Waals surface area contributed by atoms with Crippen LogP contribution >= 0.6 is 0 Å². The fourth-order valence-electron chi connectivity index (χ4n) is 2.41. The highest BCUT2D eigenvalue weighted by atomic mass is 16.5. The van der Waals surface area contributed by atoms with Crippen LogP contribution in [0.25, 0.3) is 6.08 Å². The number of carbonyl (C=O) groups is 2. The van der Waals surface area contributed by atoms with Crippen molar-refractivity contribution in [3.05, 3.63) is 23.8 Å². The Morgan fingerprint density at radius 3 is 2.74 bits per heavy atom. The number of fused-ring (bicyclic) bond motifs is 1. The third-order valence-electron chi connectivity index (χ3n) is 3.56. The third kappa shape index (κ3) is 3.47. The molecule has 6 nitrogen and oxygen atoms in total. The van der Waals surface area contributed by atoms with E-state index in [1.54, 1.807) is 19.2 Å². The molecule has 0 radical (unpaired) electrons. The van der Waals surface area contributed by atoms with Crippen molar-refractivity contribution in [3.8, 4) is 11.5 Å². The lowest BCUT2D eigenvalue weighted by Crippen LogP contribution is -2.46. The fourth-order valence-corrected chi connectivity index (χ4v) is 2.41. The average molecular weight is 319 g/mol. The largest absolute Gasteiger partial charge is 0.490 e. The van der Waals surface area contributed by atoms with Gasteiger partial charge in [0.1, 0.15) is 0 Å². The maximum atomic E-state index is 12.4. The van der Waals surface area contributed by atoms with E-state index >= 15 is 0 Å². The van der Waals surface area contributed by atoms with Gasteiger partial charge in [0, 0.05) is 13.1 Å². The Kier molecular flexibility index (Phi) is 4.93. The summed E-state index contributed by atoms with van der Waals surface area (Å²) in [6, 6.07) is 3.43. The Bertz CT molecular complexity index is 651. The van der Waals surface area contributed by atoms with Gasteiger partial charge in [-0.1, -0.05) is 13.8 Å². The van der Waals surface area contributed by atoms with Crippen LogP contribution < -0.4 is 14.4 Å². The van der Waals surface area contributed by atoms with Crippen molar-refractivity contribution in [2.75, 3.05) is 18.6 Å². The maximum Gasteiger partial charge on any atom is 0.328 e. The average Bonchev–Trinajstić information content (AvgIpc) is 2.49. The molecule has 1 aliphatic heterocycles. The standard InChI is InChI=1S/C17H21NO5/c1-5-22-13-9-11(6-7-14(19)20)8-12-16(13)23-15(10(2)3)17(21)18(12)4/h6-10,15H,5H2,1-4H3,(H,19,20)/b7-6+. The van der Waals surface area contributed by atoms with Crippen LogP contribution in [0.5, 0.6) is 11.5 Å². The molecule has 0 aromatic heterocycles. The summed E-state index contributed by atoms with van der Waals surface area (Å²) in [4.78, 5) is 24.7. The summed E-state index contributed by atoms with van der Waals surface area (Å²) in [5.74, 6) is -0.130. The predicted molar refractivity (Wildman–Crippen MR) is 86.9 cm³/mol. The van der Waals surface area contributed by atoms with E-state index < -0.39 is 12.1 Å². The molecule has 1 amide bonds. The molecule has 1 heterocycles. The number of amides is 1. The van der Waals surface area contributed by atoms with Gasteiger partial charge in [0.05, 0.1) is 12.3 Å². The van der Waals surface area contributed by atoms with Gasteiger partial charge >= 0.3 is 5.97 Å².